The molecule has 0 amide bonds. The normalized spacial score (nSPS) is 12.3. The summed E-state index contributed by atoms with van der Waals surface area (Å²) in [5.41, 5.74) is -1.28. The fourth-order valence-corrected chi connectivity index (χ4v) is 3.28. The lowest BCUT2D eigenvalue weighted by molar-refractivity contribution is -0.385. The molecule has 138 valence electrons. The monoisotopic (exact) mass is 376 g/mol. The Balaban J connectivity index is 2.00. The Hall–Kier alpha value is -4.20. The van der Waals surface area contributed by atoms with Gasteiger partial charge < -0.3 is 15.5 Å². The third-order valence-corrected chi connectivity index (χ3v) is 4.49. The second-order valence-electron chi connectivity index (χ2n) is 6.15. The van der Waals surface area contributed by atoms with Gasteiger partial charge in [0.05, 0.1) is 21.7 Å². The van der Waals surface area contributed by atoms with Crippen LogP contribution in [0.2, 0.25) is 0 Å². The molecular formula is C20H12N2O6. The standard InChI is InChI=1S/C20H12N2O6/c23-13-9-14(24)18(21-10-5-2-1-3-6-10)17-16(13)19(25)11-7-4-8-12(22(27)28)15(11)20(17)26/h1-9,21,23-24H. The SMILES string of the molecule is O=C1c2cccc([N+](=O)[O-])c2C(=O)c2c(Nc3ccccc3)c(O)cc(O)c21. The first-order chi connectivity index (χ1) is 13.4. The number of anilines is 2. The molecule has 0 bridgehead atoms. The summed E-state index contributed by atoms with van der Waals surface area (Å²) in [7, 11) is 0. The molecule has 1 aliphatic rings. The van der Waals surface area contributed by atoms with Crippen LogP contribution >= 0.6 is 0 Å². The third-order valence-electron chi connectivity index (χ3n) is 4.49. The van der Waals surface area contributed by atoms with E-state index in [9.17, 15) is 29.9 Å². The molecule has 0 heterocycles. The van der Waals surface area contributed by atoms with E-state index in [1.807, 2.05) is 0 Å². The maximum atomic E-state index is 13.2. The minimum Gasteiger partial charge on any atom is -0.507 e. The number of para-hydroxylation sites is 1. The van der Waals surface area contributed by atoms with Crippen LogP contribution in [0.15, 0.2) is 54.6 Å². The van der Waals surface area contributed by atoms with Crippen LogP contribution in [-0.4, -0.2) is 26.7 Å². The van der Waals surface area contributed by atoms with E-state index in [0.29, 0.717) is 5.69 Å². The number of phenolic OH excluding ortho intramolecular Hbond substituents is 2. The number of ketones is 2. The highest BCUT2D eigenvalue weighted by molar-refractivity contribution is 6.32. The number of nitro benzene ring substituents is 1. The summed E-state index contributed by atoms with van der Waals surface area (Å²) in [4.78, 5) is 36.7. The second kappa shape index (κ2) is 6.20. The van der Waals surface area contributed by atoms with Gasteiger partial charge in [-0.05, 0) is 18.2 Å². The Morgan fingerprint density at radius 1 is 0.821 bits per heavy atom. The summed E-state index contributed by atoms with van der Waals surface area (Å²) in [5.74, 6) is -2.62. The predicted octanol–water partition coefficient (Wildman–Crippen LogP) is 3.53. The van der Waals surface area contributed by atoms with Gasteiger partial charge in [-0.1, -0.05) is 24.3 Å². The van der Waals surface area contributed by atoms with Crippen molar-refractivity contribution in [3.05, 3.63) is 87.0 Å². The molecule has 0 radical (unpaired) electrons. The van der Waals surface area contributed by atoms with Crippen LogP contribution in [0.5, 0.6) is 11.5 Å². The molecule has 8 nitrogen and oxygen atoms in total. The Labute approximate surface area is 157 Å². The van der Waals surface area contributed by atoms with Gasteiger partial charge in [0.1, 0.15) is 17.1 Å². The van der Waals surface area contributed by atoms with Gasteiger partial charge in [-0.2, -0.15) is 0 Å². The molecule has 3 aromatic rings. The highest BCUT2D eigenvalue weighted by atomic mass is 16.6. The number of nitrogens with one attached hydrogen (secondary N) is 1. The van der Waals surface area contributed by atoms with Gasteiger partial charge in [0, 0.05) is 23.4 Å². The van der Waals surface area contributed by atoms with Crippen LogP contribution in [0.4, 0.5) is 17.1 Å². The number of nitrogens with zero attached hydrogens (tertiary/aromatic N) is 1. The van der Waals surface area contributed by atoms with Gasteiger partial charge >= 0.3 is 0 Å². The molecule has 3 aromatic carbocycles. The van der Waals surface area contributed by atoms with E-state index in [0.717, 1.165) is 12.1 Å². The molecule has 3 N–H and O–H groups in total. The Morgan fingerprint density at radius 3 is 2.21 bits per heavy atom. The minimum atomic E-state index is -0.832. The smallest absolute Gasteiger partial charge is 0.281 e. The summed E-state index contributed by atoms with van der Waals surface area (Å²) in [6.07, 6.45) is 0. The van der Waals surface area contributed by atoms with Crippen molar-refractivity contribution in [1.29, 1.82) is 0 Å². The summed E-state index contributed by atoms with van der Waals surface area (Å²) < 4.78 is 0. The molecule has 0 spiro atoms. The average molecular weight is 376 g/mol. The number of phenols is 2. The van der Waals surface area contributed by atoms with E-state index < -0.39 is 33.7 Å². The maximum Gasteiger partial charge on any atom is 0.281 e. The molecule has 28 heavy (non-hydrogen) atoms. The van der Waals surface area contributed by atoms with Crippen LogP contribution in [-0.2, 0) is 0 Å². The fraction of sp³-hybridized carbons (Fsp3) is 0. The second-order valence-corrected chi connectivity index (χ2v) is 6.15. The average Bonchev–Trinajstić information content (AvgIpc) is 2.68. The minimum absolute atomic E-state index is 0.110. The van der Waals surface area contributed by atoms with Crippen molar-refractivity contribution in [3.63, 3.8) is 0 Å². The number of fused-ring (bicyclic) bond motifs is 2. The Morgan fingerprint density at radius 2 is 1.54 bits per heavy atom. The fourth-order valence-electron chi connectivity index (χ4n) is 3.28. The van der Waals surface area contributed by atoms with Crippen molar-refractivity contribution in [3.8, 4) is 11.5 Å². The molecule has 1 aliphatic carbocycles. The van der Waals surface area contributed by atoms with Crippen molar-refractivity contribution in [1.82, 2.24) is 0 Å². The van der Waals surface area contributed by atoms with Crippen molar-refractivity contribution < 1.29 is 24.7 Å². The lowest BCUT2D eigenvalue weighted by Gasteiger charge is -2.22. The van der Waals surface area contributed by atoms with Crippen molar-refractivity contribution in [2.45, 2.75) is 0 Å². The Bertz CT molecular complexity index is 1170. The van der Waals surface area contributed by atoms with Gasteiger partial charge in [-0.3, -0.25) is 19.7 Å². The zero-order chi connectivity index (χ0) is 20.0. The van der Waals surface area contributed by atoms with E-state index in [-0.39, 0.29) is 27.9 Å². The zero-order valence-corrected chi connectivity index (χ0v) is 14.2. The summed E-state index contributed by atoms with van der Waals surface area (Å²) in [6, 6.07) is 13.2. The summed E-state index contributed by atoms with van der Waals surface area (Å²) in [6.45, 7) is 0. The van der Waals surface area contributed by atoms with E-state index in [1.54, 1.807) is 30.3 Å². The molecule has 0 saturated heterocycles. The van der Waals surface area contributed by atoms with Crippen LogP contribution in [0.1, 0.15) is 31.8 Å². The molecule has 0 unspecified atom stereocenters. The molecule has 0 saturated carbocycles. The number of hydrogen-bond acceptors (Lipinski definition) is 7. The quantitative estimate of drug-likeness (QED) is 0.216. The number of aromatic hydroxyl groups is 2. The summed E-state index contributed by atoms with van der Waals surface area (Å²) >= 11 is 0. The van der Waals surface area contributed by atoms with E-state index >= 15 is 0 Å². The first kappa shape index (κ1) is 17.2. The largest absolute Gasteiger partial charge is 0.507 e. The molecule has 0 aromatic heterocycles. The van der Waals surface area contributed by atoms with Gasteiger partial charge in [-0.15, -0.1) is 0 Å². The van der Waals surface area contributed by atoms with Gasteiger partial charge in [-0.25, -0.2) is 0 Å². The number of carbonyl (C=O) groups excluding carboxylic acids is 2. The van der Waals surface area contributed by atoms with Crippen LogP contribution < -0.4 is 5.32 Å². The van der Waals surface area contributed by atoms with Gasteiger partial charge in [0.25, 0.3) is 5.69 Å². The molecule has 0 fully saturated rings. The molecule has 0 aliphatic heterocycles. The van der Waals surface area contributed by atoms with E-state index in [2.05, 4.69) is 5.32 Å². The Kier molecular flexibility index (Phi) is 3.82. The highest BCUT2D eigenvalue weighted by Gasteiger charge is 2.39. The van der Waals surface area contributed by atoms with Crippen molar-refractivity contribution in [2.75, 3.05) is 5.32 Å². The number of hydrogen-bond donors (Lipinski definition) is 3. The van der Waals surface area contributed by atoms with Crippen LogP contribution in [0.3, 0.4) is 0 Å². The molecule has 8 heteroatoms. The van der Waals surface area contributed by atoms with Gasteiger partial charge in [0.15, 0.2) is 5.78 Å². The van der Waals surface area contributed by atoms with E-state index in [4.69, 9.17) is 0 Å². The topological polar surface area (TPSA) is 130 Å². The highest BCUT2D eigenvalue weighted by Crippen LogP contribution is 2.44. The van der Waals surface area contributed by atoms with Crippen LogP contribution in [0, 0.1) is 10.1 Å². The molecule has 4 rings (SSSR count). The number of benzene rings is 3. The third kappa shape index (κ3) is 2.47. The number of nitro groups is 1. The van der Waals surface area contributed by atoms with E-state index in [1.165, 1.54) is 12.1 Å². The lowest BCUT2D eigenvalue weighted by Crippen LogP contribution is -2.23. The summed E-state index contributed by atoms with van der Waals surface area (Å²) in [5, 5.41) is 34.8. The first-order valence-corrected chi connectivity index (χ1v) is 8.18. The zero-order valence-electron chi connectivity index (χ0n) is 14.2. The van der Waals surface area contributed by atoms with Crippen molar-refractivity contribution in [2.24, 2.45) is 0 Å². The first-order valence-electron chi connectivity index (χ1n) is 8.18. The number of carbonyl (C=O) groups is 2. The predicted molar refractivity (Wildman–Crippen MR) is 99.5 cm³/mol. The molecular weight excluding hydrogens is 364 g/mol. The maximum absolute atomic E-state index is 13.2. The molecule has 0 atom stereocenters. The number of rotatable bonds is 3. The van der Waals surface area contributed by atoms with Gasteiger partial charge in [0.2, 0.25) is 5.78 Å². The lowest BCUT2D eigenvalue weighted by atomic mass is 9.81. The van der Waals surface area contributed by atoms with Crippen molar-refractivity contribution >= 4 is 28.6 Å². The van der Waals surface area contributed by atoms with Crippen LogP contribution in [0.25, 0.3) is 0 Å².